The summed E-state index contributed by atoms with van der Waals surface area (Å²) in [5.41, 5.74) is 3.56. The molecule has 0 aliphatic carbocycles. The van der Waals surface area contributed by atoms with Crippen molar-refractivity contribution in [1.82, 2.24) is 19.5 Å². The maximum atomic E-state index is 12.9. The monoisotopic (exact) mass is 487 g/mol. The summed E-state index contributed by atoms with van der Waals surface area (Å²) in [5, 5.41) is 31.8. The largest absolute Gasteiger partial charge is 0.479 e. The molecule has 2 aliphatic heterocycles. The van der Waals surface area contributed by atoms with E-state index in [2.05, 4.69) is 15.0 Å². The van der Waals surface area contributed by atoms with Crippen LogP contribution in [-0.2, 0) is 18.3 Å². The Morgan fingerprint density at radius 1 is 1.27 bits per heavy atom. The van der Waals surface area contributed by atoms with Gasteiger partial charge in [0, 0.05) is 12.8 Å². The van der Waals surface area contributed by atoms with Gasteiger partial charge in [-0.15, -0.1) is 0 Å². The number of aliphatic hydroxyl groups is 3. The molecule has 2 fully saturated rings. The van der Waals surface area contributed by atoms with Gasteiger partial charge < -0.3 is 30.5 Å². The van der Waals surface area contributed by atoms with E-state index in [1.807, 2.05) is 13.8 Å². The number of hydrogen-bond donors (Lipinski definition) is 4. The fourth-order valence-corrected chi connectivity index (χ4v) is 6.29. The van der Waals surface area contributed by atoms with Crippen molar-refractivity contribution in [2.24, 2.45) is 0 Å². The fraction of sp³-hybridized carbons (Fsp3) is 0.737. The van der Waals surface area contributed by atoms with E-state index in [4.69, 9.17) is 24.3 Å². The van der Waals surface area contributed by atoms with Gasteiger partial charge in [-0.1, -0.05) is 20.8 Å². The SMILES string of the molecule is CCC(CC)(CC1OC(n2cnc3c(OC)nc(N)nc32)C(O)C1O)OP1(=O)OC1(O)CC. The van der Waals surface area contributed by atoms with Gasteiger partial charge in [0.1, 0.15) is 12.2 Å². The molecule has 0 radical (unpaired) electrons. The van der Waals surface area contributed by atoms with Crippen molar-refractivity contribution in [2.45, 2.75) is 82.1 Å². The highest BCUT2D eigenvalue weighted by atomic mass is 31.2. The van der Waals surface area contributed by atoms with Crippen LogP contribution in [0, 0.1) is 0 Å². The number of rotatable bonds is 9. The van der Waals surface area contributed by atoms with Crippen molar-refractivity contribution in [3.05, 3.63) is 6.33 Å². The number of ether oxygens (including phenoxy) is 2. The molecule has 0 spiro atoms. The van der Waals surface area contributed by atoms with Crippen LogP contribution in [0.5, 0.6) is 5.88 Å². The molecule has 13 nitrogen and oxygen atoms in total. The number of nitrogens with zero attached hydrogens (tertiary/aromatic N) is 4. The molecule has 2 saturated heterocycles. The quantitative estimate of drug-likeness (QED) is 0.293. The van der Waals surface area contributed by atoms with Gasteiger partial charge in [-0.25, -0.2) is 4.98 Å². The Kier molecular flexibility index (Phi) is 6.19. The maximum Gasteiger partial charge on any atom is 0.393 e. The zero-order valence-electron chi connectivity index (χ0n) is 18.9. The summed E-state index contributed by atoms with van der Waals surface area (Å²) in [5.74, 6) is 0.121. The minimum atomic E-state index is -3.70. The van der Waals surface area contributed by atoms with Gasteiger partial charge >= 0.3 is 7.60 Å². The number of nitrogen functional groups attached to an aromatic ring is 1. The van der Waals surface area contributed by atoms with Crippen LogP contribution in [0.25, 0.3) is 11.2 Å². The molecular formula is C19H30N5O8P. The summed E-state index contributed by atoms with van der Waals surface area (Å²) in [6, 6.07) is 0. The second-order valence-electron chi connectivity index (χ2n) is 8.33. The van der Waals surface area contributed by atoms with Crippen molar-refractivity contribution in [1.29, 1.82) is 0 Å². The Morgan fingerprint density at radius 2 is 1.97 bits per heavy atom. The van der Waals surface area contributed by atoms with E-state index >= 15 is 0 Å². The molecule has 2 aromatic rings. The van der Waals surface area contributed by atoms with Gasteiger partial charge in [0.2, 0.25) is 11.8 Å². The van der Waals surface area contributed by atoms with E-state index in [0.717, 1.165) is 0 Å². The third kappa shape index (κ3) is 3.91. The second-order valence-corrected chi connectivity index (χ2v) is 10.4. The molecule has 0 amide bonds. The normalized spacial score (nSPS) is 34.2. The summed E-state index contributed by atoms with van der Waals surface area (Å²) in [6.07, 6.45) is -2.04. The number of imidazole rings is 1. The van der Waals surface area contributed by atoms with Gasteiger partial charge in [0.15, 0.2) is 17.4 Å². The van der Waals surface area contributed by atoms with E-state index < -0.39 is 43.3 Å². The lowest BCUT2D eigenvalue weighted by atomic mass is 9.88. The van der Waals surface area contributed by atoms with Crippen molar-refractivity contribution < 1.29 is 38.4 Å². The van der Waals surface area contributed by atoms with Gasteiger partial charge in [0.05, 0.1) is 25.1 Å². The Labute approximate surface area is 190 Å². The lowest BCUT2D eigenvalue weighted by molar-refractivity contribution is -0.0686. The van der Waals surface area contributed by atoms with Crippen molar-refractivity contribution in [3.63, 3.8) is 0 Å². The van der Waals surface area contributed by atoms with E-state index in [1.165, 1.54) is 18.0 Å². The van der Waals surface area contributed by atoms with E-state index in [-0.39, 0.29) is 30.3 Å². The van der Waals surface area contributed by atoms with Crippen molar-refractivity contribution in [2.75, 3.05) is 12.8 Å². The van der Waals surface area contributed by atoms with Gasteiger partial charge in [0.25, 0.3) is 5.53 Å². The molecule has 0 saturated carbocycles. The first-order chi connectivity index (χ1) is 15.6. The van der Waals surface area contributed by atoms with Crippen LogP contribution in [0.4, 0.5) is 5.95 Å². The Bertz CT molecular complexity index is 1080. The second kappa shape index (κ2) is 8.42. The van der Waals surface area contributed by atoms with Crippen LogP contribution in [-0.4, -0.2) is 71.4 Å². The number of methoxy groups -OCH3 is 1. The standard InChI is InChI=1S/C19H30N5O8P/c1-5-18(6-2,31-33(28)19(27,7-3)32-33)8-10-12(25)13(26)16(30-10)24-9-21-11-14(24)22-17(20)23-15(11)29-4/h9-10,12-13,16,25-27H,5-8H2,1-4H3,(H2,20,22,23). The van der Waals surface area contributed by atoms with Gasteiger partial charge in [-0.05, 0) is 12.8 Å². The number of nitrogens with two attached hydrogens (primary N) is 1. The molecule has 2 aliphatic rings. The third-order valence-electron chi connectivity index (χ3n) is 6.51. The number of anilines is 1. The van der Waals surface area contributed by atoms with E-state index in [0.29, 0.717) is 18.4 Å². The predicted octanol–water partition coefficient (Wildman–Crippen LogP) is 1.28. The van der Waals surface area contributed by atoms with Gasteiger partial charge in [-0.3, -0.25) is 18.2 Å². The van der Waals surface area contributed by atoms with Crippen LogP contribution in [0.2, 0.25) is 0 Å². The van der Waals surface area contributed by atoms with Crippen LogP contribution < -0.4 is 10.5 Å². The van der Waals surface area contributed by atoms with Crippen molar-refractivity contribution >= 4 is 24.7 Å². The first-order valence-electron chi connectivity index (χ1n) is 10.9. The zero-order valence-corrected chi connectivity index (χ0v) is 19.8. The molecule has 33 heavy (non-hydrogen) atoms. The summed E-state index contributed by atoms with van der Waals surface area (Å²) in [6.45, 7) is 5.33. The van der Waals surface area contributed by atoms with E-state index in [9.17, 15) is 19.9 Å². The molecule has 2 aromatic heterocycles. The maximum absolute atomic E-state index is 12.9. The van der Waals surface area contributed by atoms with Crippen LogP contribution in [0.15, 0.2) is 6.33 Å². The smallest absolute Gasteiger partial charge is 0.393 e. The molecule has 0 bridgehead atoms. The average molecular weight is 487 g/mol. The first-order valence-corrected chi connectivity index (χ1v) is 12.4. The molecule has 6 unspecified atom stereocenters. The highest BCUT2D eigenvalue weighted by Gasteiger charge is 2.71. The molecule has 6 atom stereocenters. The Balaban J connectivity index is 1.59. The number of fused-ring (bicyclic) bond motifs is 1. The zero-order chi connectivity index (χ0) is 24.2. The number of hydrogen-bond acceptors (Lipinski definition) is 12. The molecule has 14 heteroatoms. The Hall–Kier alpha value is -1.86. The predicted molar refractivity (Wildman–Crippen MR) is 115 cm³/mol. The summed E-state index contributed by atoms with van der Waals surface area (Å²) in [7, 11) is -2.28. The lowest BCUT2D eigenvalue weighted by Gasteiger charge is -2.33. The number of aromatic nitrogens is 4. The lowest BCUT2D eigenvalue weighted by Crippen LogP contribution is -2.39. The highest BCUT2D eigenvalue weighted by Crippen LogP contribution is 2.80. The average Bonchev–Trinajstić information content (AvgIpc) is 3.04. The molecule has 4 heterocycles. The van der Waals surface area contributed by atoms with Gasteiger partial charge in [-0.2, -0.15) is 9.97 Å². The molecule has 4 rings (SSSR count). The molecule has 5 N–H and O–H groups in total. The number of aliphatic hydroxyl groups excluding tert-OH is 2. The van der Waals surface area contributed by atoms with Crippen LogP contribution >= 0.6 is 7.60 Å². The topological polar surface area (TPSA) is 188 Å². The summed E-state index contributed by atoms with van der Waals surface area (Å²) < 4.78 is 36.5. The minimum Gasteiger partial charge on any atom is -0.479 e. The molecule has 0 aromatic carbocycles. The molecule has 184 valence electrons. The third-order valence-corrected chi connectivity index (χ3v) is 8.78. The van der Waals surface area contributed by atoms with E-state index in [1.54, 1.807) is 6.92 Å². The highest BCUT2D eigenvalue weighted by molar-refractivity contribution is 7.61. The Morgan fingerprint density at radius 3 is 2.55 bits per heavy atom. The summed E-state index contributed by atoms with van der Waals surface area (Å²) in [4.78, 5) is 12.4. The summed E-state index contributed by atoms with van der Waals surface area (Å²) >= 11 is 0. The van der Waals surface area contributed by atoms with Crippen LogP contribution in [0.3, 0.4) is 0 Å². The fourth-order valence-electron chi connectivity index (χ4n) is 4.21. The molecular weight excluding hydrogens is 457 g/mol. The van der Waals surface area contributed by atoms with Crippen molar-refractivity contribution in [3.8, 4) is 5.88 Å². The minimum absolute atomic E-state index is 0.0485. The first kappa shape index (κ1) is 24.3. The van der Waals surface area contributed by atoms with Crippen LogP contribution in [0.1, 0.15) is 52.7 Å².